The van der Waals surface area contributed by atoms with Crippen molar-refractivity contribution in [3.05, 3.63) is 75.1 Å². The van der Waals surface area contributed by atoms with E-state index in [1.54, 1.807) is 9.80 Å². The van der Waals surface area contributed by atoms with Crippen LogP contribution in [0, 0.1) is 11.2 Å². The maximum absolute atomic E-state index is 15.8. The monoisotopic (exact) mass is 739 g/mol. The zero-order valence-electron chi connectivity index (χ0n) is 29.2. The number of fused-ring (bicyclic) bond motifs is 1. The first kappa shape index (κ1) is 36.1. The van der Waals surface area contributed by atoms with E-state index in [9.17, 15) is 24.0 Å². The van der Waals surface area contributed by atoms with Gasteiger partial charge >= 0.3 is 0 Å². The predicted molar refractivity (Wildman–Crippen MR) is 186 cm³/mol. The first-order valence-corrected chi connectivity index (χ1v) is 18.2. The molecule has 2 aromatic carbocycles. The van der Waals surface area contributed by atoms with Gasteiger partial charge in [-0.25, -0.2) is 13.2 Å². The molecule has 2 atom stereocenters. The van der Waals surface area contributed by atoms with Crippen molar-refractivity contribution in [3.63, 3.8) is 0 Å². The average molecular weight is 740 g/mol. The van der Waals surface area contributed by atoms with Gasteiger partial charge in [-0.2, -0.15) is 0 Å². The Labute approximate surface area is 304 Å². The summed E-state index contributed by atoms with van der Waals surface area (Å²) in [6, 6.07) is 7.61. The Morgan fingerprint density at radius 3 is 2.29 bits per heavy atom. The van der Waals surface area contributed by atoms with Crippen molar-refractivity contribution in [1.29, 1.82) is 0 Å². The molecular weight excluding hydrogens is 699 g/mol. The average Bonchev–Trinajstić information content (AvgIpc) is 3.43. The Morgan fingerprint density at radius 1 is 0.904 bits per heavy atom. The minimum Gasteiger partial charge on any atom is -0.336 e. The number of likely N-dealkylation sites (tertiary alicyclic amines) is 1. The fourth-order valence-electron chi connectivity index (χ4n) is 8.39. The van der Waals surface area contributed by atoms with E-state index in [1.165, 1.54) is 11.0 Å². The van der Waals surface area contributed by atoms with Gasteiger partial charge in [0, 0.05) is 61.8 Å². The van der Waals surface area contributed by atoms with E-state index in [1.807, 2.05) is 24.3 Å². The highest BCUT2D eigenvalue weighted by Crippen LogP contribution is 2.44. The molecule has 4 aliphatic heterocycles. The molecule has 1 N–H and O–H groups in total. The van der Waals surface area contributed by atoms with Gasteiger partial charge in [0.15, 0.2) is 0 Å². The number of nitrogens with one attached hydrogen (secondary N) is 1. The molecule has 3 fully saturated rings. The SMILES string of the molecule is CC1(C)CCC(C(=O)N2CCN(C3CCN(C(=O)c4cc(F)c5c(c4)CN(C4CCC(=O)NC4=O)C5=O)CC3(F)F)CC2)=C(c2ccc(Cl)cc2)C1. The normalized spacial score (nSPS) is 25.0. The molecule has 0 spiro atoms. The fourth-order valence-corrected chi connectivity index (χ4v) is 8.52. The van der Waals surface area contributed by atoms with Crippen LogP contribution in [0.25, 0.3) is 5.57 Å². The van der Waals surface area contributed by atoms with E-state index < -0.39 is 54.0 Å². The molecule has 1 aliphatic carbocycles. The third kappa shape index (κ3) is 6.84. The second-order valence-electron chi connectivity index (χ2n) is 15.3. The summed E-state index contributed by atoms with van der Waals surface area (Å²) in [6.07, 6.45) is 2.36. The fraction of sp³-hybridized carbons (Fsp3) is 0.500. The Kier molecular flexibility index (Phi) is 9.48. The molecule has 52 heavy (non-hydrogen) atoms. The number of piperidine rings is 2. The van der Waals surface area contributed by atoms with E-state index >= 15 is 13.2 Å². The smallest absolute Gasteiger partial charge is 0.280 e. The van der Waals surface area contributed by atoms with Gasteiger partial charge in [-0.05, 0) is 78.5 Å². The molecule has 2 aromatic rings. The molecule has 10 nitrogen and oxygen atoms in total. The number of hydrogen-bond donors (Lipinski definition) is 1. The van der Waals surface area contributed by atoms with Crippen molar-refractivity contribution in [3.8, 4) is 0 Å². The summed E-state index contributed by atoms with van der Waals surface area (Å²) < 4.78 is 46.9. The lowest BCUT2D eigenvalue weighted by atomic mass is 9.72. The molecule has 3 saturated heterocycles. The summed E-state index contributed by atoms with van der Waals surface area (Å²) in [4.78, 5) is 70.0. The number of rotatable bonds is 5. The van der Waals surface area contributed by atoms with Crippen LogP contribution < -0.4 is 5.32 Å². The molecule has 2 unspecified atom stereocenters. The minimum absolute atomic E-state index is 0.0111. The second-order valence-corrected chi connectivity index (χ2v) is 15.8. The third-order valence-electron chi connectivity index (χ3n) is 11.2. The molecule has 0 saturated carbocycles. The lowest BCUT2D eigenvalue weighted by Crippen LogP contribution is -2.63. The van der Waals surface area contributed by atoms with Crippen LogP contribution in [0.5, 0.6) is 0 Å². The van der Waals surface area contributed by atoms with Crippen LogP contribution in [0.15, 0.2) is 42.0 Å². The van der Waals surface area contributed by atoms with Crippen LogP contribution in [-0.2, 0) is 20.9 Å². The van der Waals surface area contributed by atoms with Crippen molar-refractivity contribution >= 4 is 46.7 Å². The summed E-state index contributed by atoms with van der Waals surface area (Å²) in [5.74, 6) is -6.91. The number of carbonyl (C=O) groups excluding carboxylic acids is 5. The van der Waals surface area contributed by atoms with Crippen LogP contribution in [0.2, 0.25) is 5.02 Å². The molecule has 4 heterocycles. The molecule has 0 bridgehead atoms. The van der Waals surface area contributed by atoms with Crippen molar-refractivity contribution in [2.75, 3.05) is 39.3 Å². The van der Waals surface area contributed by atoms with Crippen LogP contribution in [0.4, 0.5) is 13.2 Å². The summed E-state index contributed by atoms with van der Waals surface area (Å²) >= 11 is 6.13. The predicted octanol–water partition coefficient (Wildman–Crippen LogP) is 4.90. The number of hydrogen-bond acceptors (Lipinski definition) is 6. The molecule has 0 aromatic heterocycles. The quantitative estimate of drug-likeness (QED) is 0.438. The van der Waals surface area contributed by atoms with Crippen molar-refractivity contribution < 1.29 is 37.1 Å². The summed E-state index contributed by atoms with van der Waals surface area (Å²) in [5, 5.41) is 2.80. The third-order valence-corrected chi connectivity index (χ3v) is 11.5. The minimum atomic E-state index is -3.27. The van der Waals surface area contributed by atoms with Gasteiger partial charge in [-0.15, -0.1) is 0 Å². The lowest BCUT2D eigenvalue weighted by molar-refractivity contribution is -0.138. The summed E-state index contributed by atoms with van der Waals surface area (Å²) in [5.41, 5.74) is 2.52. The van der Waals surface area contributed by atoms with Gasteiger partial charge in [0.2, 0.25) is 17.7 Å². The zero-order valence-corrected chi connectivity index (χ0v) is 29.9. The highest BCUT2D eigenvalue weighted by Gasteiger charge is 2.50. The van der Waals surface area contributed by atoms with Gasteiger partial charge in [0.25, 0.3) is 17.7 Å². The molecule has 276 valence electrons. The Bertz CT molecular complexity index is 1870. The number of nitrogens with zero attached hydrogens (tertiary/aromatic N) is 4. The Balaban J connectivity index is 0.991. The van der Waals surface area contributed by atoms with Crippen LogP contribution in [0.3, 0.4) is 0 Å². The number of carbonyl (C=O) groups is 5. The largest absolute Gasteiger partial charge is 0.336 e. The number of amides is 5. The summed E-state index contributed by atoms with van der Waals surface area (Å²) in [6.45, 7) is 4.53. The van der Waals surface area contributed by atoms with Crippen molar-refractivity contribution in [2.24, 2.45) is 5.41 Å². The van der Waals surface area contributed by atoms with Gasteiger partial charge < -0.3 is 14.7 Å². The first-order valence-electron chi connectivity index (χ1n) is 17.8. The van der Waals surface area contributed by atoms with Crippen LogP contribution in [-0.4, -0.2) is 106 Å². The molecule has 14 heteroatoms. The highest BCUT2D eigenvalue weighted by molar-refractivity contribution is 6.30. The van der Waals surface area contributed by atoms with Gasteiger partial charge in [-0.1, -0.05) is 37.6 Å². The van der Waals surface area contributed by atoms with E-state index in [-0.39, 0.29) is 73.5 Å². The van der Waals surface area contributed by atoms with Crippen molar-refractivity contribution in [1.82, 2.24) is 24.9 Å². The van der Waals surface area contributed by atoms with Crippen LogP contribution >= 0.6 is 11.6 Å². The maximum atomic E-state index is 15.8. The van der Waals surface area contributed by atoms with Crippen molar-refractivity contribution in [2.45, 2.75) is 76.9 Å². The molecule has 7 rings (SSSR count). The molecule has 5 aliphatic rings. The Hall–Kier alpha value is -4.23. The highest BCUT2D eigenvalue weighted by atomic mass is 35.5. The van der Waals surface area contributed by atoms with E-state index in [0.717, 1.165) is 40.5 Å². The zero-order chi connectivity index (χ0) is 37.1. The number of alkyl halides is 2. The first-order chi connectivity index (χ1) is 24.6. The number of piperazine rings is 1. The molecule has 5 amide bonds. The lowest BCUT2D eigenvalue weighted by Gasteiger charge is -2.46. The van der Waals surface area contributed by atoms with Gasteiger partial charge in [-0.3, -0.25) is 34.2 Å². The van der Waals surface area contributed by atoms with E-state index in [2.05, 4.69) is 19.2 Å². The molecular formula is C38H41ClF3N5O5. The standard InChI is InChI=1S/C38H41ClF3N5O5/c1-37(2)11-9-26(27(19-37)22-3-5-25(39)6-4-22)35(51)45-15-13-44(14-16-45)30-10-12-46(21-38(30,41)42)34(50)23-17-24-20-47(36(52)32(24)28(40)18-23)29-7-8-31(48)43-33(29)49/h3-6,17-18,29-30H,7-16,19-21H2,1-2H3,(H,43,48,49). The number of allylic oxidation sites excluding steroid dienone is 1. The summed E-state index contributed by atoms with van der Waals surface area (Å²) in [7, 11) is 0. The van der Waals surface area contributed by atoms with E-state index in [0.29, 0.717) is 24.5 Å². The number of benzene rings is 2. The molecule has 0 radical (unpaired) electrons. The van der Waals surface area contributed by atoms with E-state index in [4.69, 9.17) is 11.6 Å². The number of halogens is 4. The maximum Gasteiger partial charge on any atom is 0.280 e. The van der Waals surface area contributed by atoms with Crippen LogP contribution in [0.1, 0.15) is 84.2 Å². The van der Waals surface area contributed by atoms with Gasteiger partial charge in [0.05, 0.1) is 18.2 Å². The number of imide groups is 1. The van der Waals surface area contributed by atoms with Gasteiger partial charge in [0.1, 0.15) is 11.9 Å². The second kappa shape index (κ2) is 13.6. The Morgan fingerprint density at radius 2 is 1.62 bits per heavy atom. The topological polar surface area (TPSA) is 110 Å².